The van der Waals surface area contributed by atoms with Crippen LogP contribution >= 0.6 is 35.0 Å². The number of halogens is 2. The van der Waals surface area contributed by atoms with Gasteiger partial charge in [0.2, 0.25) is 5.91 Å². The third kappa shape index (κ3) is 6.72. The lowest BCUT2D eigenvalue weighted by Crippen LogP contribution is -2.36. The highest BCUT2D eigenvalue weighted by atomic mass is 35.5. The van der Waals surface area contributed by atoms with Gasteiger partial charge < -0.3 is 10.1 Å². The fourth-order valence-electron chi connectivity index (χ4n) is 4.29. The molecule has 1 aliphatic heterocycles. The molecule has 3 aromatic rings. The summed E-state index contributed by atoms with van der Waals surface area (Å²) in [4.78, 5) is 31.0. The zero-order valence-corrected chi connectivity index (χ0v) is 23.6. The van der Waals surface area contributed by atoms with Crippen molar-refractivity contribution in [2.75, 3.05) is 17.7 Å². The van der Waals surface area contributed by atoms with Gasteiger partial charge in [-0.25, -0.2) is 4.99 Å². The van der Waals surface area contributed by atoms with Crippen molar-refractivity contribution in [2.45, 2.75) is 19.8 Å². The van der Waals surface area contributed by atoms with Crippen LogP contribution in [-0.2, 0) is 14.3 Å². The fraction of sp³-hybridized carbons (Fsp3) is 0.200. The summed E-state index contributed by atoms with van der Waals surface area (Å²) in [5.41, 5.74) is 3.68. The van der Waals surface area contributed by atoms with Gasteiger partial charge in [-0.05, 0) is 54.8 Å². The van der Waals surface area contributed by atoms with Crippen LogP contribution in [0.2, 0.25) is 10.0 Å². The van der Waals surface area contributed by atoms with Crippen LogP contribution < -0.4 is 5.32 Å². The topological polar surface area (TPSA) is 91.5 Å². The fourth-order valence-corrected chi connectivity index (χ4v) is 5.43. The summed E-state index contributed by atoms with van der Waals surface area (Å²) >= 11 is 13.5. The molecule has 39 heavy (non-hydrogen) atoms. The zero-order valence-electron chi connectivity index (χ0n) is 21.3. The molecule has 0 radical (unpaired) electrons. The molecule has 4 rings (SSSR count). The van der Waals surface area contributed by atoms with Crippen LogP contribution in [0, 0.1) is 24.2 Å². The van der Waals surface area contributed by atoms with Gasteiger partial charge in [-0.15, -0.1) is 0 Å². The Kier molecular flexibility index (Phi) is 9.47. The van der Waals surface area contributed by atoms with Crippen molar-refractivity contribution in [1.82, 2.24) is 0 Å². The minimum absolute atomic E-state index is 0.00497. The average molecular weight is 579 g/mol. The average Bonchev–Trinajstić information content (AvgIpc) is 2.94. The van der Waals surface area contributed by atoms with E-state index in [1.807, 2.05) is 43.3 Å². The van der Waals surface area contributed by atoms with Gasteiger partial charge in [-0.3, -0.25) is 9.59 Å². The number of rotatable bonds is 8. The van der Waals surface area contributed by atoms with Crippen molar-refractivity contribution in [3.63, 3.8) is 0 Å². The molecule has 1 heterocycles. The molecule has 2 atom stereocenters. The second kappa shape index (κ2) is 13.0. The molecular weight excluding hydrogens is 553 g/mol. The first-order chi connectivity index (χ1) is 18.8. The number of thioether (sulfide) groups is 1. The second-order valence-corrected chi connectivity index (χ2v) is 10.6. The highest BCUT2D eigenvalue weighted by Gasteiger charge is 2.42. The summed E-state index contributed by atoms with van der Waals surface area (Å²) in [5, 5.41) is 14.6. The van der Waals surface area contributed by atoms with Gasteiger partial charge in [-0.2, -0.15) is 5.26 Å². The second-order valence-electron chi connectivity index (χ2n) is 8.75. The monoisotopic (exact) mass is 577 g/mol. The van der Waals surface area contributed by atoms with Crippen LogP contribution in [0.1, 0.15) is 29.5 Å². The Bertz CT molecular complexity index is 1480. The van der Waals surface area contributed by atoms with Crippen molar-refractivity contribution in [3.05, 3.63) is 110 Å². The number of nitriles is 1. The molecule has 0 aromatic heterocycles. The molecule has 0 bridgehead atoms. The normalized spacial score (nSPS) is 16.7. The van der Waals surface area contributed by atoms with Gasteiger partial charge >= 0.3 is 5.97 Å². The van der Waals surface area contributed by atoms with Gasteiger partial charge in [-0.1, -0.05) is 83.5 Å². The molecular formula is C30H25Cl2N3O3S. The Labute approximate surface area is 241 Å². The maximum Gasteiger partial charge on any atom is 0.316 e. The predicted molar refractivity (Wildman–Crippen MR) is 157 cm³/mol. The standard InChI is InChI=1S/C30H25Cl2N3O3S/c1-3-38-30(37)27-26(19-10-12-21(31)13-11-19)23(16-33)29(35-28(27)20-7-5-4-6-8-20)39-17-25(36)34-22-14-9-18(2)24(32)15-22/h4-15,26-27H,3,17H2,1-2H3,(H,34,36)/t26-,27?/m1/s1. The molecule has 1 amide bonds. The Morgan fingerprint density at radius 2 is 1.79 bits per heavy atom. The van der Waals surface area contributed by atoms with Crippen LogP contribution in [0.4, 0.5) is 5.69 Å². The van der Waals surface area contributed by atoms with Crippen LogP contribution in [0.25, 0.3) is 0 Å². The van der Waals surface area contributed by atoms with Crippen molar-refractivity contribution < 1.29 is 14.3 Å². The number of carbonyl (C=O) groups is 2. The van der Waals surface area contributed by atoms with Gasteiger partial charge in [0, 0.05) is 21.7 Å². The highest BCUT2D eigenvalue weighted by Crippen LogP contribution is 2.44. The van der Waals surface area contributed by atoms with Gasteiger partial charge in [0.1, 0.15) is 10.9 Å². The van der Waals surface area contributed by atoms with Gasteiger partial charge in [0.25, 0.3) is 0 Å². The number of hydrogen-bond donors (Lipinski definition) is 1. The first kappa shape index (κ1) is 28.4. The number of allylic oxidation sites excluding steroid dienone is 1. The molecule has 1 N–H and O–H groups in total. The first-order valence-corrected chi connectivity index (χ1v) is 14.0. The Morgan fingerprint density at radius 3 is 2.44 bits per heavy atom. The lowest BCUT2D eigenvalue weighted by atomic mass is 9.75. The van der Waals surface area contributed by atoms with E-state index >= 15 is 0 Å². The van der Waals surface area contributed by atoms with Crippen molar-refractivity contribution in [3.8, 4) is 6.07 Å². The number of aryl methyl sites for hydroxylation is 1. The maximum absolute atomic E-state index is 13.4. The minimum atomic E-state index is -0.865. The van der Waals surface area contributed by atoms with Crippen molar-refractivity contribution in [2.24, 2.45) is 10.9 Å². The Morgan fingerprint density at radius 1 is 1.08 bits per heavy atom. The van der Waals surface area contributed by atoms with Crippen LogP contribution in [0.3, 0.4) is 0 Å². The van der Waals surface area contributed by atoms with E-state index in [0.29, 0.717) is 32.0 Å². The molecule has 0 fully saturated rings. The van der Waals surface area contributed by atoms with E-state index in [0.717, 1.165) is 22.9 Å². The van der Waals surface area contributed by atoms with E-state index in [2.05, 4.69) is 11.4 Å². The van der Waals surface area contributed by atoms with Gasteiger partial charge in [0.15, 0.2) is 0 Å². The molecule has 9 heteroatoms. The predicted octanol–water partition coefficient (Wildman–Crippen LogP) is 7.17. The Hall–Kier alpha value is -3.57. The molecule has 6 nitrogen and oxygen atoms in total. The number of nitrogens with zero attached hydrogens (tertiary/aromatic N) is 2. The van der Waals surface area contributed by atoms with Crippen LogP contribution in [0.5, 0.6) is 0 Å². The Balaban J connectivity index is 1.74. The lowest BCUT2D eigenvalue weighted by molar-refractivity contribution is -0.146. The van der Waals surface area contributed by atoms with Gasteiger partial charge in [0.05, 0.1) is 29.7 Å². The SMILES string of the molecule is CCOC(=O)C1C(c2ccccc2)=NC(SCC(=O)Nc2ccc(C)c(Cl)c2)=C(C#N)[C@H]1c1ccc(Cl)cc1. The van der Waals surface area contributed by atoms with Crippen LogP contribution in [-0.4, -0.2) is 29.9 Å². The first-order valence-electron chi connectivity index (χ1n) is 12.2. The third-order valence-corrected chi connectivity index (χ3v) is 7.80. The van der Waals surface area contributed by atoms with E-state index in [1.165, 1.54) is 0 Å². The van der Waals surface area contributed by atoms with E-state index in [1.54, 1.807) is 43.3 Å². The van der Waals surface area contributed by atoms with Crippen molar-refractivity contribution >= 4 is 58.2 Å². The number of hydrogen-bond acceptors (Lipinski definition) is 6. The van der Waals surface area contributed by atoms with E-state index in [9.17, 15) is 14.9 Å². The summed E-state index contributed by atoms with van der Waals surface area (Å²) in [7, 11) is 0. The lowest BCUT2D eigenvalue weighted by Gasteiger charge is -2.31. The van der Waals surface area contributed by atoms with Crippen molar-refractivity contribution in [1.29, 1.82) is 5.26 Å². The molecule has 198 valence electrons. The number of anilines is 1. The highest BCUT2D eigenvalue weighted by molar-refractivity contribution is 8.03. The molecule has 3 aromatic carbocycles. The molecule has 0 aliphatic carbocycles. The molecule has 1 unspecified atom stereocenters. The summed E-state index contributed by atoms with van der Waals surface area (Å²) < 4.78 is 5.46. The maximum atomic E-state index is 13.4. The van der Waals surface area contributed by atoms with E-state index in [-0.39, 0.29) is 23.8 Å². The van der Waals surface area contributed by atoms with E-state index < -0.39 is 17.8 Å². The molecule has 0 saturated heterocycles. The smallest absolute Gasteiger partial charge is 0.316 e. The molecule has 1 aliphatic rings. The molecule has 0 saturated carbocycles. The number of benzene rings is 3. The number of carbonyl (C=O) groups excluding carboxylic acids is 2. The largest absolute Gasteiger partial charge is 0.465 e. The summed E-state index contributed by atoms with van der Waals surface area (Å²) in [6, 6.07) is 23.9. The number of nitrogens with one attached hydrogen (secondary N) is 1. The number of aliphatic imine (C=N–C) groups is 1. The number of ether oxygens (including phenoxy) is 1. The third-order valence-electron chi connectivity index (χ3n) is 6.15. The number of amides is 1. The quantitative estimate of drug-likeness (QED) is 0.286. The summed E-state index contributed by atoms with van der Waals surface area (Å²) in [6.45, 7) is 3.80. The summed E-state index contributed by atoms with van der Waals surface area (Å²) in [6.07, 6.45) is 0. The van der Waals surface area contributed by atoms with Crippen LogP contribution in [0.15, 0.2) is 88.4 Å². The van der Waals surface area contributed by atoms with E-state index in [4.69, 9.17) is 32.9 Å². The molecule has 0 spiro atoms. The minimum Gasteiger partial charge on any atom is -0.465 e. The zero-order chi connectivity index (χ0) is 27.9. The summed E-state index contributed by atoms with van der Waals surface area (Å²) in [5.74, 6) is -2.31. The number of esters is 1.